The standard InChI is InChI=1S/C20H24N2O3/c1-4-7-16-14-17(10-11-18(16)25-3)20(24)21-12-6-13-22-15(2)8-5-9-19(22)23/h4-5,8-11,14H,1,6-7,12-13H2,2-3H3,(H,21,24). The van der Waals surface area contributed by atoms with Crippen molar-refractivity contribution in [1.29, 1.82) is 0 Å². The van der Waals surface area contributed by atoms with E-state index in [-0.39, 0.29) is 11.5 Å². The summed E-state index contributed by atoms with van der Waals surface area (Å²) in [5.41, 5.74) is 2.42. The highest BCUT2D eigenvalue weighted by Gasteiger charge is 2.09. The lowest BCUT2D eigenvalue weighted by molar-refractivity contribution is 0.0952. The summed E-state index contributed by atoms with van der Waals surface area (Å²) in [5.74, 6) is 0.612. The predicted molar refractivity (Wildman–Crippen MR) is 99.3 cm³/mol. The fourth-order valence-electron chi connectivity index (χ4n) is 2.69. The van der Waals surface area contributed by atoms with E-state index in [1.807, 2.05) is 19.1 Å². The molecule has 1 aromatic heterocycles. The lowest BCUT2D eigenvalue weighted by atomic mass is 10.1. The molecule has 2 aromatic rings. The number of ether oxygens (including phenoxy) is 1. The number of methoxy groups -OCH3 is 1. The van der Waals surface area contributed by atoms with Gasteiger partial charge in [0.1, 0.15) is 5.75 Å². The van der Waals surface area contributed by atoms with Crippen LogP contribution >= 0.6 is 0 Å². The molecule has 0 aliphatic rings. The molecule has 1 amide bonds. The summed E-state index contributed by atoms with van der Waals surface area (Å²) in [6, 6.07) is 10.6. The molecule has 5 nitrogen and oxygen atoms in total. The number of aryl methyl sites for hydroxylation is 1. The Labute approximate surface area is 147 Å². The van der Waals surface area contributed by atoms with Crippen molar-refractivity contribution < 1.29 is 9.53 Å². The van der Waals surface area contributed by atoms with Crippen LogP contribution in [0.15, 0.2) is 53.8 Å². The van der Waals surface area contributed by atoms with E-state index in [1.54, 1.807) is 42.0 Å². The van der Waals surface area contributed by atoms with Crippen molar-refractivity contribution in [1.82, 2.24) is 9.88 Å². The van der Waals surface area contributed by atoms with Gasteiger partial charge in [0, 0.05) is 30.4 Å². The van der Waals surface area contributed by atoms with Crippen molar-refractivity contribution >= 4 is 5.91 Å². The molecule has 1 N–H and O–H groups in total. The topological polar surface area (TPSA) is 60.3 Å². The van der Waals surface area contributed by atoms with Gasteiger partial charge in [-0.3, -0.25) is 9.59 Å². The molecular formula is C20H24N2O3. The van der Waals surface area contributed by atoms with Gasteiger partial charge in [0.2, 0.25) is 0 Å². The Balaban J connectivity index is 1.93. The minimum absolute atomic E-state index is 0.0180. The third kappa shape index (κ3) is 4.83. The van der Waals surface area contributed by atoms with Gasteiger partial charge >= 0.3 is 0 Å². The van der Waals surface area contributed by atoms with Gasteiger partial charge in [-0.05, 0) is 49.6 Å². The third-order valence-electron chi connectivity index (χ3n) is 4.02. The SMILES string of the molecule is C=CCc1cc(C(=O)NCCCn2c(C)cccc2=O)ccc1OC. The zero-order valence-corrected chi connectivity index (χ0v) is 14.7. The molecule has 25 heavy (non-hydrogen) atoms. The average Bonchev–Trinajstić information content (AvgIpc) is 2.60. The number of hydrogen-bond donors (Lipinski definition) is 1. The number of aromatic nitrogens is 1. The number of allylic oxidation sites excluding steroid dienone is 1. The Morgan fingerprint density at radius 1 is 1.32 bits per heavy atom. The molecule has 0 unspecified atom stereocenters. The van der Waals surface area contributed by atoms with Gasteiger partial charge in [0.15, 0.2) is 0 Å². The monoisotopic (exact) mass is 340 g/mol. The lowest BCUT2D eigenvalue weighted by Gasteiger charge is -2.11. The van der Waals surface area contributed by atoms with Crippen molar-refractivity contribution in [3.05, 3.63) is 76.2 Å². The third-order valence-corrected chi connectivity index (χ3v) is 4.02. The van der Waals surface area contributed by atoms with Gasteiger partial charge < -0.3 is 14.6 Å². The van der Waals surface area contributed by atoms with E-state index in [2.05, 4.69) is 11.9 Å². The Hall–Kier alpha value is -2.82. The van der Waals surface area contributed by atoms with Crippen molar-refractivity contribution in [2.75, 3.05) is 13.7 Å². The number of rotatable bonds is 8. The molecule has 0 saturated heterocycles. The Kier molecular flexibility index (Phi) is 6.57. The lowest BCUT2D eigenvalue weighted by Crippen LogP contribution is -2.27. The van der Waals surface area contributed by atoms with Gasteiger partial charge in [0.25, 0.3) is 11.5 Å². The molecule has 0 aliphatic carbocycles. The number of nitrogens with zero attached hydrogens (tertiary/aromatic N) is 1. The van der Waals surface area contributed by atoms with Crippen LogP contribution in [0.3, 0.4) is 0 Å². The predicted octanol–water partition coefficient (Wildman–Crippen LogP) is 2.71. The van der Waals surface area contributed by atoms with E-state index >= 15 is 0 Å². The number of nitrogens with one attached hydrogen (secondary N) is 1. The van der Waals surface area contributed by atoms with E-state index in [4.69, 9.17) is 4.74 Å². The van der Waals surface area contributed by atoms with Crippen LogP contribution in [0.5, 0.6) is 5.75 Å². The second-order valence-corrected chi connectivity index (χ2v) is 5.79. The minimum Gasteiger partial charge on any atom is -0.496 e. The summed E-state index contributed by atoms with van der Waals surface area (Å²) in [6.45, 7) is 6.71. The summed E-state index contributed by atoms with van der Waals surface area (Å²) in [6.07, 6.45) is 3.10. The maximum Gasteiger partial charge on any atom is 0.251 e. The molecule has 0 atom stereocenters. The molecule has 0 saturated carbocycles. The number of carbonyl (C=O) groups excluding carboxylic acids is 1. The molecule has 2 rings (SSSR count). The fourth-order valence-corrected chi connectivity index (χ4v) is 2.69. The molecule has 5 heteroatoms. The van der Waals surface area contributed by atoms with Gasteiger partial charge in [-0.15, -0.1) is 6.58 Å². The van der Waals surface area contributed by atoms with E-state index in [0.717, 1.165) is 17.0 Å². The van der Waals surface area contributed by atoms with Crippen LogP contribution in [0.2, 0.25) is 0 Å². The number of carbonyl (C=O) groups is 1. The van der Waals surface area contributed by atoms with E-state index in [9.17, 15) is 9.59 Å². The van der Waals surface area contributed by atoms with Crippen LogP contribution in [-0.2, 0) is 13.0 Å². The highest BCUT2D eigenvalue weighted by Crippen LogP contribution is 2.20. The zero-order chi connectivity index (χ0) is 18.2. The Bertz CT molecular complexity index is 809. The minimum atomic E-state index is -0.134. The molecule has 0 spiro atoms. The summed E-state index contributed by atoms with van der Waals surface area (Å²) >= 11 is 0. The van der Waals surface area contributed by atoms with Crippen molar-refractivity contribution in [2.24, 2.45) is 0 Å². The number of hydrogen-bond acceptors (Lipinski definition) is 3. The van der Waals surface area contributed by atoms with Crippen LogP contribution in [0.4, 0.5) is 0 Å². The first kappa shape index (κ1) is 18.5. The van der Waals surface area contributed by atoms with Gasteiger partial charge in [-0.1, -0.05) is 12.1 Å². The zero-order valence-electron chi connectivity index (χ0n) is 14.7. The van der Waals surface area contributed by atoms with E-state index in [1.165, 1.54) is 0 Å². The Morgan fingerprint density at radius 2 is 2.12 bits per heavy atom. The molecule has 1 heterocycles. The highest BCUT2D eigenvalue weighted by atomic mass is 16.5. The number of pyridine rings is 1. The number of amides is 1. The number of benzene rings is 1. The van der Waals surface area contributed by atoms with Gasteiger partial charge in [-0.2, -0.15) is 0 Å². The molecule has 0 bridgehead atoms. The average molecular weight is 340 g/mol. The molecule has 0 fully saturated rings. The van der Waals surface area contributed by atoms with Crippen molar-refractivity contribution in [2.45, 2.75) is 26.3 Å². The quantitative estimate of drug-likeness (QED) is 0.594. The van der Waals surface area contributed by atoms with Gasteiger partial charge in [0.05, 0.1) is 7.11 Å². The van der Waals surface area contributed by atoms with Crippen LogP contribution in [0.1, 0.15) is 28.0 Å². The van der Waals surface area contributed by atoms with Crippen molar-refractivity contribution in [3.8, 4) is 5.75 Å². The van der Waals surface area contributed by atoms with Crippen LogP contribution in [0.25, 0.3) is 0 Å². The molecular weight excluding hydrogens is 316 g/mol. The first-order valence-corrected chi connectivity index (χ1v) is 8.29. The maximum absolute atomic E-state index is 12.3. The smallest absolute Gasteiger partial charge is 0.251 e. The van der Waals surface area contributed by atoms with Crippen LogP contribution in [-0.4, -0.2) is 24.1 Å². The van der Waals surface area contributed by atoms with E-state index < -0.39 is 0 Å². The second-order valence-electron chi connectivity index (χ2n) is 5.79. The van der Waals surface area contributed by atoms with E-state index in [0.29, 0.717) is 31.5 Å². The molecule has 1 aromatic carbocycles. The normalized spacial score (nSPS) is 10.3. The van der Waals surface area contributed by atoms with Crippen LogP contribution < -0.4 is 15.6 Å². The van der Waals surface area contributed by atoms with Crippen molar-refractivity contribution in [3.63, 3.8) is 0 Å². The van der Waals surface area contributed by atoms with Crippen LogP contribution in [0, 0.1) is 6.92 Å². The first-order valence-electron chi connectivity index (χ1n) is 8.29. The largest absolute Gasteiger partial charge is 0.496 e. The molecule has 132 valence electrons. The fraction of sp³-hybridized carbons (Fsp3) is 0.300. The molecule has 0 aliphatic heterocycles. The second kappa shape index (κ2) is 8.87. The summed E-state index contributed by atoms with van der Waals surface area (Å²) < 4.78 is 7.00. The molecule has 0 radical (unpaired) electrons. The van der Waals surface area contributed by atoms with Gasteiger partial charge in [-0.25, -0.2) is 0 Å². The first-order chi connectivity index (χ1) is 12.1. The maximum atomic E-state index is 12.3. The Morgan fingerprint density at radius 3 is 2.80 bits per heavy atom. The summed E-state index contributed by atoms with van der Waals surface area (Å²) in [4.78, 5) is 24.1. The summed E-state index contributed by atoms with van der Waals surface area (Å²) in [5, 5.41) is 2.89. The highest BCUT2D eigenvalue weighted by molar-refractivity contribution is 5.94. The summed E-state index contributed by atoms with van der Waals surface area (Å²) in [7, 11) is 1.61.